The Hall–Kier alpha value is -1.62. The summed E-state index contributed by atoms with van der Waals surface area (Å²) < 4.78 is 10.7. The van der Waals surface area contributed by atoms with Gasteiger partial charge in [-0.25, -0.2) is 0 Å². The Bertz CT molecular complexity index is 806. The van der Waals surface area contributed by atoms with Gasteiger partial charge in [-0.2, -0.15) is 0 Å². The maximum absolute atomic E-state index is 12.2. The minimum absolute atomic E-state index is 0.0641. The molecule has 1 unspecified atom stereocenters. The summed E-state index contributed by atoms with van der Waals surface area (Å²) >= 11 is 0. The van der Waals surface area contributed by atoms with E-state index in [2.05, 4.69) is 38.2 Å². The third-order valence-electron chi connectivity index (χ3n) is 10.5. The molecule has 0 fully saturated rings. The first-order valence-corrected chi connectivity index (χ1v) is 23.4. The molecular formula is C48H90O5. The Kier molecular flexibility index (Phi) is 43.4. The molecule has 53 heavy (non-hydrogen) atoms. The number of carbonyl (C=O) groups is 2. The van der Waals surface area contributed by atoms with Crippen LogP contribution in [0, 0.1) is 0 Å². The van der Waals surface area contributed by atoms with E-state index in [1.54, 1.807) is 0 Å². The van der Waals surface area contributed by atoms with Crippen LogP contribution in [0.5, 0.6) is 0 Å². The van der Waals surface area contributed by atoms with Crippen LogP contribution in [-0.4, -0.2) is 36.4 Å². The van der Waals surface area contributed by atoms with Gasteiger partial charge in [-0.15, -0.1) is 0 Å². The van der Waals surface area contributed by atoms with Crippen molar-refractivity contribution in [1.29, 1.82) is 0 Å². The highest BCUT2D eigenvalue weighted by Gasteiger charge is 2.16. The fraction of sp³-hybridized carbons (Fsp3) is 0.875. The van der Waals surface area contributed by atoms with Crippen LogP contribution in [0.3, 0.4) is 0 Å². The van der Waals surface area contributed by atoms with E-state index in [9.17, 15) is 14.7 Å². The number of esters is 2. The van der Waals surface area contributed by atoms with Gasteiger partial charge in [0.15, 0.2) is 6.10 Å². The Morgan fingerprint density at radius 2 is 0.755 bits per heavy atom. The van der Waals surface area contributed by atoms with Crippen molar-refractivity contribution in [2.75, 3.05) is 13.2 Å². The molecule has 0 aliphatic heterocycles. The van der Waals surface area contributed by atoms with Crippen LogP contribution in [0.2, 0.25) is 0 Å². The van der Waals surface area contributed by atoms with E-state index < -0.39 is 6.10 Å². The Morgan fingerprint density at radius 3 is 1.13 bits per heavy atom. The molecule has 5 nitrogen and oxygen atoms in total. The molecule has 0 radical (unpaired) electrons. The van der Waals surface area contributed by atoms with Crippen LogP contribution in [0.25, 0.3) is 0 Å². The van der Waals surface area contributed by atoms with E-state index in [-0.39, 0.29) is 25.2 Å². The van der Waals surface area contributed by atoms with Gasteiger partial charge < -0.3 is 14.6 Å². The largest absolute Gasteiger partial charge is 0.462 e. The summed E-state index contributed by atoms with van der Waals surface area (Å²) in [5.41, 5.74) is 0. The van der Waals surface area contributed by atoms with Crippen LogP contribution in [-0.2, 0) is 19.1 Å². The molecule has 1 N–H and O–H groups in total. The normalized spacial score (nSPS) is 12.3. The summed E-state index contributed by atoms with van der Waals surface area (Å²) in [6, 6.07) is 0. The molecule has 0 saturated heterocycles. The highest BCUT2D eigenvalue weighted by atomic mass is 16.6. The Balaban J connectivity index is 3.49. The van der Waals surface area contributed by atoms with Crippen molar-refractivity contribution < 1.29 is 24.2 Å². The first-order chi connectivity index (χ1) is 26.1. The maximum Gasteiger partial charge on any atom is 0.306 e. The van der Waals surface area contributed by atoms with E-state index >= 15 is 0 Å². The second-order valence-corrected chi connectivity index (χ2v) is 15.8. The average molecular weight is 747 g/mol. The second kappa shape index (κ2) is 44.8. The lowest BCUT2D eigenvalue weighted by atomic mass is 10.0. The van der Waals surface area contributed by atoms with Gasteiger partial charge in [0.2, 0.25) is 0 Å². The molecule has 0 aliphatic carbocycles. The van der Waals surface area contributed by atoms with E-state index in [0.29, 0.717) is 12.8 Å². The lowest BCUT2D eigenvalue weighted by molar-refractivity contribution is -0.161. The monoisotopic (exact) mass is 747 g/mol. The predicted molar refractivity (Wildman–Crippen MR) is 228 cm³/mol. The van der Waals surface area contributed by atoms with E-state index in [4.69, 9.17) is 9.47 Å². The first kappa shape index (κ1) is 51.4. The molecule has 0 spiro atoms. The molecule has 0 amide bonds. The topological polar surface area (TPSA) is 72.8 Å². The predicted octanol–water partition coefficient (Wildman–Crippen LogP) is 15.0. The molecule has 0 aliphatic rings. The van der Waals surface area contributed by atoms with Crippen LogP contribution >= 0.6 is 0 Å². The summed E-state index contributed by atoms with van der Waals surface area (Å²) in [7, 11) is 0. The quantitative estimate of drug-likeness (QED) is 0.0382. The minimum Gasteiger partial charge on any atom is -0.462 e. The maximum atomic E-state index is 12.2. The lowest BCUT2D eigenvalue weighted by Gasteiger charge is -2.15. The number of carbonyl (C=O) groups excluding carboxylic acids is 2. The molecule has 0 bridgehead atoms. The molecule has 0 rings (SSSR count). The Morgan fingerprint density at radius 1 is 0.434 bits per heavy atom. The number of allylic oxidation sites excluding steroid dienone is 4. The Labute approximate surface area is 330 Å². The summed E-state index contributed by atoms with van der Waals surface area (Å²) in [6.07, 6.45) is 54.0. The zero-order valence-electron chi connectivity index (χ0n) is 35.5. The van der Waals surface area contributed by atoms with Crippen molar-refractivity contribution in [1.82, 2.24) is 0 Å². The van der Waals surface area contributed by atoms with Gasteiger partial charge in [-0.05, 0) is 44.9 Å². The van der Waals surface area contributed by atoms with E-state index in [0.717, 1.165) is 51.4 Å². The summed E-state index contributed by atoms with van der Waals surface area (Å²) in [4.78, 5) is 24.4. The summed E-state index contributed by atoms with van der Waals surface area (Å²) in [5, 5.41) is 9.60. The van der Waals surface area contributed by atoms with Gasteiger partial charge in [0.1, 0.15) is 6.61 Å². The minimum atomic E-state index is -0.771. The third kappa shape index (κ3) is 43.0. The average Bonchev–Trinajstić information content (AvgIpc) is 3.16. The zero-order valence-corrected chi connectivity index (χ0v) is 35.5. The number of unbranched alkanes of at least 4 members (excludes halogenated alkanes) is 31. The van der Waals surface area contributed by atoms with Gasteiger partial charge in [-0.3, -0.25) is 9.59 Å². The number of ether oxygens (including phenoxy) is 2. The fourth-order valence-corrected chi connectivity index (χ4v) is 6.94. The van der Waals surface area contributed by atoms with Crippen LogP contribution < -0.4 is 0 Å². The highest BCUT2D eigenvalue weighted by molar-refractivity contribution is 5.70. The molecule has 0 aromatic carbocycles. The van der Waals surface area contributed by atoms with Crippen LogP contribution in [0.15, 0.2) is 24.3 Å². The fourth-order valence-electron chi connectivity index (χ4n) is 6.94. The summed E-state index contributed by atoms with van der Waals surface area (Å²) in [6.45, 7) is 4.15. The SMILES string of the molecule is CCCCCC/C=C\C/C=C\CCCCCCCCCC(=O)OC(CO)COC(=O)CCCCCCCCCCCCCCCCCCCCCCC. The van der Waals surface area contributed by atoms with Gasteiger partial charge >= 0.3 is 11.9 Å². The number of hydrogen-bond acceptors (Lipinski definition) is 5. The van der Waals surface area contributed by atoms with Crippen molar-refractivity contribution in [3.63, 3.8) is 0 Å². The second-order valence-electron chi connectivity index (χ2n) is 15.8. The van der Waals surface area contributed by atoms with Gasteiger partial charge in [0, 0.05) is 12.8 Å². The number of aliphatic hydroxyl groups is 1. The van der Waals surface area contributed by atoms with Crippen molar-refractivity contribution in [3.8, 4) is 0 Å². The van der Waals surface area contributed by atoms with Gasteiger partial charge in [0.05, 0.1) is 6.61 Å². The standard InChI is InChI=1S/C48H90O5/c1-3-5-7-9-11-13-15-17-19-21-23-24-25-27-28-30-32-34-36-38-40-42-47(50)52-45-46(44-49)53-48(51)43-41-39-37-35-33-31-29-26-22-20-18-16-14-12-10-8-6-4-2/h14,16,20,22,46,49H,3-13,15,17-19,21,23-45H2,1-2H3/b16-14-,22-20-. The zero-order chi connectivity index (χ0) is 38.6. The molecule has 0 aromatic rings. The van der Waals surface area contributed by atoms with Gasteiger partial charge in [-0.1, -0.05) is 218 Å². The van der Waals surface area contributed by atoms with Crippen molar-refractivity contribution in [3.05, 3.63) is 24.3 Å². The van der Waals surface area contributed by atoms with Crippen molar-refractivity contribution >= 4 is 11.9 Å². The molecule has 312 valence electrons. The smallest absolute Gasteiger partial charge is 0.306 e. The molecule has 0 aromatic heterocycles. The lowest BCUT2D eigenvalue weighted by Crippen LogP contribution is -2.28. The van der Waals surface area contributed by atoms with Crippen LogP contribution in [0.4, 0.5) is 0 Å². The van der Waals surface area contributed by atoms with E-state index in [1.165, 1.54) is 173 Å². The highest BCUT2D eigenvalue weighted by Crippen LogP contribution is 2.16. The molecule has 0 saturated carbocycles. The van der Waals surface area contributed by atoms with Gasteiger partial charge in [0.25, 0.3) is 0 Å². The molecular weight excluding hydrogens is 657 g/mol. The summed E-state index contributed by atoms with van der Waals surface area (Å²) in [5.74, 6) is -0.587. The molecule has 1 atom stereocenters. The van der Waals surface area contributed by atoms with E-state index in [1.807, 2.05) is 0 Å². The molecule has 0 heterocycles. The number of rotatable bonds is 43. The van der Waals surface area contributed by atoms with Crippen molar-refractivity contribution in [2.24, 2.45) is 0 Å². The number of aliphatic hydroxyl groups excluding tert-OH is 1. The molecule has 5 heteroatoms. The number of hydrogen-bond donors (Lipinski definition) is 1. The third-order valence-corrected chi connectivity index (χ3v) is 10.5. The van der Waals surface area contributed by atoms with Crippen molar-refractivity contribution in [2.45, 2.75) is 258 Å². The van der Waals surface area contributed by atoms with Crippen LogP contribution in [0.1, 0.15) is 251 Å². The first-order valence-electron chi connectivity index (χ1n) is 23.4.